The molecule has 0 saturated carbocycles. The summed E-state index contributed by atoms with van der Waals surface area (Å²) in [6.07, 6.45) is -1.62. The summed E-state index contributed by atoms with van der Waals surface area (Å²) in [4.78, 5) is 28.8. The number of para-hydroxylation sites is 1. The Labute approximate surface area is 172 Å². The average molecular weight is 414 g/mol. The van der Waals surface area contributed by atoms with Crippen molar-refractivity contribution < 1.29 is 22.8 Å². The number of carbonyl (C=O) groups is 2. The van der Waals surface area contributed by atoms with Crippen LogP contribution in [0.1, 0.15) is 24.0 Å². The fraction of sp³-hybridized carbons (Fsp3) is 0.304. The summed E-state index contributed by atoms with van der Waals surface area (Å²) in [7, 11) is 0. The molecule has 30 heavy (non-hydrogen) atoms. The van der Waals surface area contributed by atoms with Gasteiger partial charge in [0.25, 0.3) is 0 Å². The minimum atomic E-state index is -4.44. The zero-order chi connectivity index (χ0) is 21.5. The number of amides is 2. The van der Waals surface area contributed by atoms with E-state index in [-0.39, 0.29) is 11.8 Å². The molecular weight excluding hydrogens is 393 g/mol. The molecular formula is C23H21F3N2O2. The summed E-state index contributed by atoms with van der Waals surface area (Å²) < 4.78 is 38.9. The van der Waals surface area contributed by atoms with Crippen molar-refractivity contribution in [1.82, 2.24) is 4.90 Å². The molecule has 0 N–H and O–H groups in total. The van der Waals surface area contributed by atoms with Gasteiger partial charge in [0.05, 0.1) is 16.7 Å². The SMILES string of the molecule is C=CC(=O)N1CCC2(CC1)Cc1ccccc1N(c1ccc(C(F)(F)F)cc1)C2=O. The molecule has 4 nitrogen and oxygen atoms in total. The number of rotatable bonds is 2. The average Bonchev–Trinajstić information content (AvgIpc) is 2.74. The van der Waals surface area contributed by atoms with E-state index in [1.807, 2.05) is 24.3 Å². The Kier molecular flexibility index (Phi) is 4.92. The van der Waals surface area contributed by atoms with Gasteiger partial charge in [-0.1, -0.05) is 24.8 Å². The van der Waals surface area contributed by atoms with E-state index in [4.69, 9.17) is 0 Å². The van der Waals surface area contributed by atoms with Gasteiger partial charge in [0, 0.05) is 18.8 Å². The maximum atomic E-state index is 13.7. The highest BCUT2D eigenvalue weighted by Gasteiger charge is 2.48. The van der Waals surface area contributed by atoms with Crippen molar-refractivity contribution in [1.29, 1.82) is 0 Å². The monoisotopic (exact) mass is 414 g/mol. The van der Waals surface area contributed by atoms with Crippen molar-refractivity contribution >= 4 is 23.2 Å². The first-order valence-electron chi connectivity index (χ1n) is 9.76. The standard InChI is InChI=1S/C23H21F3N2O2/c1-2-20(29)27-13-11-22(12-14-27)15-16-5-3-4-6-19(16)28(21(22)30)18-9-7-17(8-10-18)23(24,25)26/h2-10H,1,11-15H2. The Morgan fingerprint density at radius 3 is 2.27 bits per heavy atom. The number of hydrogen-bond donors (Lipinski definition) is 0. The number of anilines is 2. The van der Waals surface area contributed by atoms with Crippen LogP contribution in [0.2, 0.25) is 0 Å². The lowest BCUT2D eigenvalue weighted by atomic mass is 9.70. The lowest BCUT2D eigenvalue weighted by Crippen LogP contribution is -2.53. The zero-order valence-electron chi connectivity index (χ0n) is 16.3. The molecule has 2 amide bonds. The lowest BCUT2D eigenvalue weighted by molar-refractivity contribution is -0.137. The number of hydrogen-bond acceptors (Lipinski definition) is 2. The molecule has 2 aliphatic heterocycles. The largest absolute Gasteiger partial charge is 0.416 e. The molecule has 156 valence electrons. The van der Waals surface area contributed by atoms with Crippen LogP contribution in [0.4, 0.5) is 24.5 Å². The summed E-state index contributed by atoms with van der Waals surface area (Å²) in [6.45, 7) is 4.40. The van der Waals surface area contributed by atoms with Gasteiger partial charge in [-0.25, -0.2) is 0 Å². The Bertz CT molecular complexity index is 990. The molecule has 0 aromatic heterocycles. The lowest BCUT2D eigenvalue weighted by Gasteiger charge is -2.46. The van der Waals surface area contributed by atoms with Crippen molar-refractivity contribution in [3.05, 3.63) is 72.3 Å². The molecule has 1 saturated heterocycles. The van der Waals surface area contributed by atoms with E-state index in [2.05, 4.69) is 6.58 Å². The van der Waals surface area contributed by atoms with Gasteiger partial charge in [0.15, 0.2) is 0 Å². The molecule has 4 rings (SSSR count). The summed E-state index contributed by atoms with van der Waals surface area (Å²) in [6, 6.07) is 12.1. The van der Waals surface area contributed by atoms with Crippen molar-refractivity contribution in [3.63, 3.8) is 0 Å². The molecule has 2 aromatic rings. The van der Waals surface area contributed by atoms with Gasteiger partial charge >= 0.3 is 6.18 Å². The molecule has 2 aromatic carbocycles. The van der Waals surface area contributed by atoms with Crippen LogP contribution in [-0.2, 0) is 22.2 Å². The van der Waals surface area contributed by atoms with E-state index in [0.717, 1.165) is 17.7 Å². The Morgan fingerprint density at radius 1 is 1.03 bits per heavy atom. The van der Waals surface area contributed by atoms with E-state index >= 15 is 0 Å². The molecule has 0 unspecified atom stereocenters. The van der Waals surface area contributed by atoms with E-state index in [1.165, 1.54) is 23.1 Å². The predicted molar refractivity (Wildman–Crippen MR) is 107 cm³/mol. The first-order chi connectivity index (χ1) is 14.2. The smallest absolute Gasteiger partial charge is 0.339 e. The zero-order valence-corrected chi connectivity index (χ0v) is 16.3. The van der Waals surface area contributed by atoms with Crippen molar-refractivity contribution in [2.24, 2.45) is 5.41 Å². The highest BCUT2D eigenvalue weighted by atomic mass is 19.4. The summed E-state index contributed by atoms with van der Waals surface area (Å²) in [5, 5.41) is 0. The molecule has 0 atom stereocenters. The normalized spacial score (nSPS) is 18.3. The van der Waals surface area contributed by atoms with Crippen LogP contribution in [0, 0.1) is 5.41 Å². The minimum Gasteiger partial charge on any atom is -0.339 e. The second-order valence-corrected chi connectivity index (χ2v) is 7.80. The third-order valence-corrected chi connectivity index (χ3v) is 6.08. The molecule has 0 aliphatic carbocycles. The van der Waals surface area contributed by atoms with Crippen LogP contribution in [0.15, 0.2) is 61.2 Å². The van der Waals surface area contributed by atoms with Crippen LogP contribution < -0.4 is 4.90 Å². The van der Waals surface area contributed by atoms with Gasteiger partial charge < -0.3 is 4.90 Å². The van der Waals surface area contributed by atoms with Crippen LogP contribution in [0.25, 0.3) is 0 Å². The van der Waals surface area contributed by atoms with Gasteiger partial charge in [-0.15, -0.1) is 0 Å². The van der Waals surface area contributed by atoms with E-state index < -0.39 is 17.2 Å². The Morgan fingerprint density at radius 2 is 1.67 bits per heavy atom. The Hall–Kier alpha value is -3.09. The van der Waals surface area contributed by atoms with Gasteiger partial charge in [0.2, 0.25) is 11.8 Å². The van der Waals surface area contributed by atoms with Gasteiger partial charge in [-0.05, 0) is 61.2 Å². The maximum Gasteiger partial charge on any atom is 0.416 e. The molecule has 1 spiro atoms. The number of fused-ring (bicyclic) bond motifs is 1. The number of alkyl halides is 3. The second-order valence-electron chi connectivity index (χ2n) is 7.80. The van der Waals surface area contributed by atoms with Crippen LogP contribution in [0.5, 0.6) is 0 Å². The fourth-order valence-electron chi connectivity index (χ4n) is 4.40. The van der Waals surface area contributed by atoms with Gasteiger partial charge in [0.1, 0.15) is 0 Å². The van der Waals surface area contributed by atoms with Gasteiger partial charge in [-0.3, -0.25) is 14.5 Å². The summed E-state index contributed by atoms with van der Waals surface area (Å²) in [5.41, 5.74) is 0.631. The quantitative estimate of drug-likeness (QED) is 0.667. The summed E-state index contributed by atoms with van der Waals surface area (Å²) >= 11 is 0. The second kappa shape index (κ2) is 7.31. The molecule has 0 bridgehead atoms. The molecule has 0 radical (unpaired) electrons. The third-order valence-electron chi connectivity index (χ3n) is 6.08. The highest BCUT2D eigenvalue weighted by Crippen LogP contribution is 2.47. The summed E-state index contributed by atoms with van der Waals surface area (Å²) in [5.74, 6) is -0.292. The van der Waals surface area contributed by atoms with E-state index in [9.17, 15) is 22.8 Å². The topological polar surface area (TPSA) is 40.6 Å². The molecule has 1 fully saturated rings. The van der Waals surface area contributed by atoms with Crippen molar-refractivity contribution in [2.75, 3.05) is 18.0 Å². The number of nitrogens with zero attached hydrogens (tertiary/aromatic N) is 2. The van der Waals surface area contributed by atoms with E-state index in [0.29, 0.717) is 43.7 Å². The Balaban J connectivity index is 1.71. The first-order valence-corrected chi connectivity index (χ1v) is 9.76. The van der Waals surface area contributed by atoms with Crippen molar-refractivity contribution in [2.45, 2.75) is 25.4 Å². The first kappa shape index (κ1) is 20.2. The van der Waals surface area contributed by atoms with Gasteiger partial charge in [-0.2, -0.15) is 13.2 Å². The van der Waals surface area contributed by atoms with Crippen LogP contribution in [-0.4, -0.2) is 29.8 Å². The van der Waals surface area contributed by atoms with Crippen LogP contribution >= 0.6 is 0 Å². The highest BCUT2D eigenvalue weighted by molar-refractivity contribution is 6.06. The van der Waals surface area contributed by atoms with E-state index in [1.54, 1.807) is 4.90 Å². The number of piperidine rings is 1. The van der Waals surface area contributed by atoms with Crippen molar-refractivity contribution in [3.8, 4) is 0 Å². The molecule has 7 heteroatoms. The predicted octanol–water partition coefficient (Wildman–Crippen LogP) is 4.72. The minimum absolute atomic E-state index is 0.133. The molecule has 2 heterocycles. The fourth-order valence-corrected chi connectivity index (χ4v) is 4.40. The number of likely N-dealkylation sites (tertiary alicyclic amines) is 1. The number of halogens is 3. The van der Waals surface area contributed by atoms with Crippen LogP contribution in [0.3, 0.4) is 0 Å². The maximum absolute atomic E-state index is 13.7. The molecule has 2 aliphatic rings. The number of carbonyl (C=O) groups excluding carboxylic acids is 2. The number of benzene rings is 2. The third kappa shape index (κ3) is 3.38.